The van der Waals surface area contributed by atoms with Gasteiger partial charge in [0.2, 0.25) is 5.91 Å². The Kier molecular flexibility index (Phi) is 6.24. The van der Waals surface area contributed by atoms with Crippen LogP contribution in [0.4, 0.5) is 4.39 Å². The molecule has 1 aromatic carbocycles. The van der Waals surface area contributed by atoms with Gasteiger partial charge >= 0.3 is 0 Å². The van der Waals surface area contributed by atoms with E-state index in [0.29, 0.717) is 12.1 Å². The van der Waals surface area contributed by atoms with Crippen molar-refractivity contribution in [1.29, 1.82) is 0 Å². The third-order valence-electron chi connectivity index (χ3n) is 3.46. The maximum Gasteiger partial charge on any atom is 0.241 e. The molecule has 1 N–H and O–H groups in total. The predicted molar refractivity (Wildman–Crippen MR) is 91.0 cm³/mol. The quantitative estimate of drug-likeness (QED) is 0.791. The van der Waals surface area contributed by atoms with Crippen LogP contribution in [0.5, 0.6) is 0 Å². The second-order valence-corrected chi connectivity index (χ2v) is 6.64. The Morgan fingerprint density at radius 1 is 1.43 bits per heavy atom. The third kappa shape index (κ3) is 5.11. The monoisotopic (exact) mass is 335 g/mol. The lowest BCUT2D eigenvalue weighted by Gasteiger charge is -2.23. The van der Waals surface area contributed by atoms with Crippen LogP contribution in [0.1, 0.15) is 28.7 Å². The first-order valence-electron chi connectivity index (χ1n) is 7.58. The van der Waals surface area contributed by atoms with Gasteiger partial charge in [-0.3, -0.25) is 9.69 Å². The summed E-state index contributed by atoms with van der Waals surface area (Å²) in [6.07, 6.45) is 1.69. The lowest BCUT2D eigenvalue weighted by Crippen LogP contribution is -2.37. The smallest absolute Gasteiger partial charge is 0.241 e. The lowest BCUT2D eigenvalue weighted by molar-refractivity contribution is -0.125. The molecule has 2 rings (SSSR count). The van der Waals surface area contributed by atoms with E-state index < -0.39 is 6.04 Å². The molecule has 0 fully saturated rings. The highest BCUT2D eigenvalue weighted by molar-refractivity contribution is 7.09. The van der Waals surface area contributed by atoms with Crippen LogP contribution >= 0.6 is 11.3 Å². The number of nitrogens with one attached hydrogen (secondary N) is 1. The second-order valence-electron chi connectivity index (χ2n) is 5.70. The van der Waals surface area contributed by atoms with Crippen LogP contribution in [-0.4, -0.2) is 36.4 Å². The van der Waals surface area contributed by atoms with E-state index in [9.17, 15) is 9.18 Å². The molecule has 0 saturated carbocycles. The number of benzene rings is 1. The summed E-state index contributed by atoms with van der Waals surface area (Å²) in [5.74, 6) is -0.447. The molecule has 6 heteroatoms. The van der Waals surface area contributed by atoms with Gasteiger partial charge in [0.15, 0.2) is 0 Å². The number of hydrogen-bond donors (Lipinski definition) is 1. The molecule has 1 atom stereocenters. The summed E-state index contributed by atoms with van der Waals surface area (Å²) < 4.78 is 13.4. The first-order valence-corrected chi connectivity index (χ1v) is 8.46. The number of carbonyl (C=O) groups excluding carboxylic acids is 1. The number of rotatable bonds is 7. The van der Waals surface area contributed by atoms with E-state index in [1.54, 1.807) is 28.4 Å². The normalized spacial score (nSPS) is 12.4. The molecule has 2 aromatic rings. The molecule has 0 radical (unpaired) electrons. The molecule has 1 heterocycles. The van der Waals surface area contributed by atoms with E-state index >= 15 is 0 Å². The fraction of sp³-hybridized carbons (Fsp3) is 0.412. The number of nitrogens with zero attached hydrogens (tertiary/aromatic N) is 2. The molecule has 0 aliphatic heterocycles. The van der Waals surface area contributed by atoms with Gasteiger partial charge in [-0.15, -0.1) is 11.3 Å². The summed E-state index contributed by atoms with van der Waals surface area (Å²) in [7, 11) is 3.63. The minimum Gasteiger partial charge on any atom is -0.354 e. The molecule has 4 nitrogen and oxygen atoms in total. The molecular formula is C17H22FN3OS. The lowest BCUT2D eigenvalue weighted by atomic mass is 10.1. The zero-order valence-corrected chi connectivity index (χ0v) is 14.5. The summed E-state index contributed by atoms with van der Waals surface area (Å²) in [5.41, 5.74) is 1.69. The van der Waals surface area contributed by atoms with Crippen LogP contribution in [0.3, 0.4) is 0 Å². The molecule has 0 aliphatic rings. The predicted octanol–water partition coefficient (Wildman–Crippen LogP) is 2.94. The van der Waals surface area contributed by atoms with Gasteiger partial charge in [-0.1, -0.05) is 12.1 Å². The first kappa shape index (κ1) is 17.6. The van der Waals surface area contributed by atoms with E-state index in [4.69, 9.17) is 0 Å². The Morgan fingerprint density at radius 2 is 2.22 bits per heavy atom. The van der Waals surface area contributed by atoms with Crippen LogP contribution < -0.4 is 5.32 Å². The molecule has 124 valence electrons. The number of aryl methyl sites for hydroxylation is 2. The fourth-order valence-corrected chi connectivity index (χ4v) is 3.24. The Labute approximate surface area is 140 Å². The van der Waals surface area contributed by atoms with Gasteiger partial charge in [-0.05, 0) is 45.1 Å². The molecule has 23 heavy (non-hydrogen) atoms. The maximum absolute atomic E-state index is 13.4. The van der Waals surface area contributed by atoms with Crippen molar-refractivity contribution in [2.24, 2.45) is 0 Å². The molecule has 0 spiro atoms. The fourth-order valence-electron chi connectivity index (χ4n) is 2.43. The summed E-state index contributed by atoms with van der Waals surface area (Å²) in [4.78, 5) is 18.6. The Hall–Kier alpha value is -1.79. The minimum atomic E-state index is -0.493. The van der Waals surface area contributed by atoms with Gasteiger partial charge in [-0.25, -0.2) is 9.37 Å². The maximum atomic E-state index is 13.4. The van der Waals surface area contributed by atoms with Crippen LogP contribution in [0.2, 0.25) is 0 Å². The van der Waals surface area contributed by atoms with Crippen molar-refractivity contribution in [3.63, 3.8) is 0 Å². The number of amides is 1. The molecule has 1 aromatic heterocycles. The van der Waals surface area contributed by atoms with Crippen LogP contribution in [0.15, 0.2) is 29.6 Å². The first-order chi connectivity index (χ1) is 11.0. The van der Waals surface area contributed by atoms with Gasteiger partial charge in [0.1, 0.15) is 11.9 Å². The average molecular weight is 335 g/mol. The number of hydrogen-bond acceptors (Lipinski definition) is 4. The van der Waals surface area contributed by atoms with Crippen molar-refractivity contribution in [3.05, 3.63) is 51.7 Å². The Bertz CT molecular complexity index is 657. The van der Waals surface area contributed by atoms with Gasteiger partial charge in [0.25, 0.3) is 0 Å². The highest BCUT2D eigenvalue weighted by Gasteiger charge is 2.22. The number of likely N-dealkylation sites (N-methyl/N-ethyl adjacent to an activating group) is 1. The highest BCUT2D eigenvalue weighted by atomic mass is 32.1. The van der Waals surface area contributed by atoms with E-state index in [0.717, 1.165) is 23.5 Å². The van der Waals surface area contributed by atoms with Crippen molar-refractivity contribution < 1.29 is 9.18 Å². The highest BCUT2D eigenvalue weighted by Crippen LogP contribution is 2.19. The molecule has 0 aliphatic carbocycles. The van der Waals surface area contributed by atoms with Crippen LogP contribution in [-0.2, 0) is 11.2 Å². The van der Waals surface area contributed by atoms with E-state index in [1.807, 2.05) is 26.4 Å². The minimum absolute atomic E-state index is 0.115. The molecule has 0 bridgehead atoms. The van der Waals surface area contributed by atoms with Crippen LogP contribution in [0.25, 0.3) is 0 Å². The molecule has 1 amide bonds. The van der Waals surface area contributed by atoms with Gasteiger partial charge < -0.3 is 5.32 Å². The summed E-state index contributed by atoms with van der Waals surface area (Å²) in [5, 5.41) is 6.05. The zero-order valence-electron chi connectivity index (χ0n) is 13.7. The average Bonchev–Trinajstić information content (AvgIpc) is 2.89. The Morgan fingerprint density at radius 3 is 2.83 bits per heavy atom. The number of thiazole rings is 1. The standard InChI is InChI=1S/C17H22FN3OS/c1-12-11-23-15(20-12)8-5-9-19-17(22)16(21(2)3)13-6-4-7-14(18)10-13/h4,6-7,10-11,16H,5,8-9H2,1-3H3,(H,19,22)/t16-/m1/s1. The summed E-state index contributed by atoms with van der Waals surface area (Å²) in [6, 6.07) is 5.69. The van der Waals surface area contributed by atoms with Gasteiger partial charge in [0.05, 0.1) is 5.01 Å². The SMILES string of the molecule is Cc1csc(CCCNC(=O)[C@@H](c2cccc(F)c2)N(C)C)n1. The number of aromatic nitrogens is 1. The summed E-state index contributed by atoms with van der Waals surface area (Å²) >= 11 is 1.64. The van der Waals surface area contributed by atoms with Gasteiger partial charge in [-0.2, -0.15) is 0 Å². The van der Waals surface area contributed by atoms with Crippen molar-refractivity contribution in [3.8, 4) is 0 Å². The zero-order chi connectivity index (χ0) is 16.8. The second kappa shape index (κ2) is 8.17. The van der Waals surface area contributed by atoms with Crippen LogP contribution in [0, 0.1) is 12.7 Å². The molecule has 0 unspecified atom stereocenters. The van der Waals surface area contributed by atoms with E-state index in [2.05, 4.69) is 10.3 Å². The topological polar surface area (TPSA) is 45.2 Å². The van der Waals surface area contributed by atoms with E-state index in [1.165, 1.54) is 12.1 Å². The Balaban J connectivity index is 1.88. The third-order valence-corrected chi connectivity index (χ3v) is 4.49. The van der Waals surface area contributed by atoms with Gasteiger partial charge in [0, 0.05) is 24.0 Å². The number of halogens is 1. The van der Waals surface area contributed by atoms with Crippen molar-refractivity contribution in [1.82, 2.24) is 15.2 Å². The van der Waals surface area contributed by atoms with Crippen molar-refractivity contribution >= 4 is 17.2 Å². The van der Waals surface area contributed by atoms with Crippen molar-refractivity contribution in [2.75, 3.05) is 20.6 Å². The van der Waals surface area contributed by atoms with E-state index in [-0.39, 0.29) is 11.7 Å². The molecular weight excluding hydrogens is 313 g/mol. The van der Waals surface area contributed by atoms with Crippen molar-refractivity contribution in [2.45, 2.75) is 25.8 Å². The molecule has 0 saturated heterocycles. The largest absolute Gasteiger partial charge is 0.354 e. The summed E-state index contributed by atoms with van der Waals surface area (Å²) in [6.45, 7) is 2.56. The number of carbonyl (C=O) groups is 1.